The molecule has 3 aromatic carbocycles. The predicted octanol–water partition coefficient (Wildman–Crippen LogP) is 8.56. The second-order valence-corrected chi connectivity index (χ2v) is 23.8. The number of carbonyl (C=O) groups is 2. The van der Waals surface area contributed by atoms with Crippen LogP contribution in [-0.4, -0.2) is 127 Å². The van der Waals surface area contributed by atoms with E-state index in [0.717, 1.165) is 66.8 Å². The quantitative estimate of drug-likeness (QED) is 0.0510. The maximum atomic E-state index is 17.6. The molecule has 17 nitrogen and oxygen atoms in total. The number of aliphatic hydroxyl groups excluding tert-OH is 1. The number of hydrogen-bond donors (Lipinski definition) is 5. The van der Waals surface area contributed by atoms with Crippen molar-refractivity contribution in [3.05, 3.63) is 105 Å². The first-order chi connectivity index (χ1) is 39.0. The molecule has 20 heteroatoms. The Bertz CT molecular complexity index is 3410. The third-order valence-corrected chi connectivity index (χ3v) is 18.2. The number of β-amino-alcohol motifs (C(OH)–C–C–N with tert-alkyl or cyclic N) is 1. The molecule has 5 fully saturated rings. The molecule has 3 aromatic heterocycles. The number of nitrogens with zero attached hydrogens (tertiary/aromatic N) is 7. The normalized spacial score (nSPS) is 23.6. The molecule has 5 aliphatic heterocycles. The minimum absolute atomic E-state index is 0.00391. The molecule has 0 radical (unpaired) electrons. The number of hydrogen-bond acceptors (Lipinski definition) is 16. The zero-order chi connectivity index (χ0) is 56.9. The van der Waals surface area contributed by atoms with Gasteiger partial charge in [-0.3, -0.25) is 14.5 Å². The van der Waals surface area contributed by atoms with E-state index in [2.05, 4.69) is 36.5 Å². The molecule has 2 bridgehead atoms. The lowest BCUT2D eigenvalue weighted by atomic mass is 9.91. The number of amides is 2. The molecule has 6 N–H and O–H groups in total. The lowest BCUT2D eigenvalue weighted by molar-refractivity contribution is -0.141. The number of terminal acetylenes is 1. The second-order valence-electron chi connectivity index (χ2n) is 23.0. The number of aromatic nitrogens is 4. The van der Waals surface area contributed by atoms with Crippen LogP contribution in [0.2, 0.25) is 0 Å². The Balaban J connectivity index is 0.787. The third kappa shape index (κ3) is 10.9. The Morgan fingerprint density at radius 2 is 1.83 bits per heavy atom. The topological polar surface area (TPSA) is 218 Å². The van der Waals surface area contributed by atoms with Crippen LogP contribution in [0.5, 0.6) is 17.6 Å². The average Bonchev–Trinajstić information content (AvgIpc) is 4.45. The van der Waals surface area contributed by atoms with Gasteiger partial charge in [-0.1, -0.05) is 63.4 Å². The summed E-state index contributed by atoms with van der Waals surface area (Å²) < 4.78 is 51.6. The zero-order valence-electron chi connectivity index (χ0n) is 46.4. The fourth-order valence-electron chi connectivity index (χ4n) is 13.2. The number of fused-ring (bicyclic) bond motifs is 4. The molecule has 0 saturated carbocycles. The van der Waals surface area contributed by atoms with Crippen LogP contribution >= 0.6 is 11.3 Å². The number of carbonyl (C=O) groups excluding carboxylic acids is 2. The van der Waals surface area contributed by atoms with Gasteiger partial charge in [0.25, 0.3) is 5.88 Å². The molecule has 8 atom stereocenters. The molecule has 0 aliphatic carbocycles. The summed E-state index contributed by atoms with van der Waals surface area (Å²) in [5.74, 6) is 0.0332. The highest BCUT2D eigenvalue weighted by Gasteiger charge is 2.51. The monoisotopic (exact) mass is 1120 g/mol. The number of aliphatic hydroxyl groups is 1. The number of aromatic hydroxyl groups is 1. The van der Waals surface area contributed by atoms with Crippen molar-refractivity contribution in [1.82, 2.24) is 40.5 Å². The molecular weight excluding hydrogens is 1050 g/mol. The van der Waals surface area contributed by atoms with Crippen LogP contribution in [0.1, 0.15) is 130 Å². The van der Waals surface area contributed by atoms with Crippen molar-refractivity contribution in [2.24, 2.45) is 11.7 Å². The van der Waals surface area contributed by atoms with Gasteiger partial charge in [0.15, 0.2) is 11.6 Å². The highest BCUT2D eigenvalue weighted by Crippen LogP contribution is 2.44. The Kier molecular flexibility index (Phi) is 15.8. The van der Waals surface area contributed by atoms with E-state index >= 15 is 8.78 Å². The molecule has 5 aliphatic rings. The number of rotatable bonds is 18. The van der Waals surface area contributed by atoms with Crippen molar-refractivity contribution >= 4 is 51.3 Å². The van der Waals surface area contributed by atoms with Gasteiger partial charge in [-0.15, -0.1) is 17.8 Å². The van der Waals surface area contributed by atoms with Crippen molar-refractivity contribution in [2.75, 3.05) is 44.3 Å². The Hall–Kier alpha value is -7.18. The van der Waals surface area contributed by atoms with Crippen molar-refractivity contribution in [2.45, 2.75) is 140 Å². The standard InChI is InChI=1S/C61H70F2N10O7S/c1-7-10-45-55(53(63)54(64)46-24-42(74)23-38-15-18-47(62)44(8-2)52(38)46)68-60(69-57(45)71-27-39-16-17-40(28-71)67-39)79-31-61-20-9-22-73(61)41(19-21-61)30-78-50-26-49(80-70-50)51(33(3)4)59(77)72-29-43(75)25-48(72)58(76)66-34(5)36-11-13-37(14-12-36)56-35(6)65-32-81-56/h2,11-15,18,23-24,26,32-34,39-41,43,48,51,67,74-75H,7,9-10,16-17,19-22,25,27-31,64H2,1,3-6H3,(H,66,76)/b54-53+/t34-,39?,40?,41-,43+,48-,51-,61+/m0/s1. The highest BCUT2D eigenvalue weighted by atomic mass is 32.1. The van der Waals surface area contributed by atoms with Crippen LogP contribution in [0, 0.1) is 31.0 Å². The van der Waals surface area contributed by atoms with Gasteiger partial charge in [0, 0.05) is 66.8 Å². The number of piperazine rings is 1. The number of nitrogens with two attached hydrogens (primary N) is 1. The molecule has 426 valence electrons. The van der Waals surface area contributed by atoms with Gasteiger partial charge in [-0.25, -0.2) is 13.8 Å². The molecule has 6 aromatic rings. The SMILES string of the molecule is C#Cc1c(F)ccc2cc(O)cc(/C(N)=C(\F)c3nc(OC[C@]45CCCN4[C@H](COc4cc([C@@H](C(=O)N6C[C@H](O)C[C@H]6C(=O)N[C@@H](C)c6ccc(-c7scnc7C)cc6)C(C)C)on4)CC5)nc(N4CC5CCC(C4)N5)c3CCC)c12. The number of benzene rings is 3. The number of likely N-dealkylation sites (tertiary alicyclic amines) is 1. The van der Waals surface area contributed by atoms with E-state index in [9.17, 15) is 19.8 Å². The molecule has 8 heterocycles. The van der Waals surface area contributed by atoms with E-state index in [1.54, 1.807) is 17.4 Å². The molecule has 0 spiro atoms. The summed E-state index contributed by atoms with van der Waals surface area (Å²) in [6.07, 6.45) is 11.5. The van der Waals surface area contributed by atoms with E-state index in [4.69, 9.17) is 36.1 Å². The summed E-state index contributed by atoms with van der Waals surface area (Å²) in [4.78, 5) is 49.8. The van der Waals surface area contributed by atoms with E-state index in [0.29, 0.717) is 48.5 Å². The number of thiazole rings is 1. The highest BCUT2D eigenvalue weighted by molar-refractivity contribution is 7.13. The number of nitrogens with one attached hydrogen (secondary N) is 2. The summed E-state index contributed by atoms with van der Waals surface area (Å²) in [6.45, 7) is 12.3. The maximum Gasteiger partial charge on any atom is 0.319 e. The summed E-state index contributed by atoms with van der Waals surface area (Å²) in [7, 11) is 0. The summed E-state index contributed by atoms with van der Waals surface area (Å²) >= 11 is 1.58. The minimum atomic E-state index is -0.885. The van der Waals surface area contributed by atoms with Gasteiger partial charge in [0.2, 0.25) is 11.8 Å². The Morgan fingerprint density at radius 3 is 2.54 bits per heavy atom. The van der Waals surface area contributed by atoms with E-state index in [1.165, 1.54) is 29.2 Å². The van der Waals surface area contributed by atoms with Gasteiger partial charge in [-0.2, -0.15) is 9.97 Å². The van der Waals surface area contributed by atoms with E-state index in [1.807, 2.05) is 64.4 Å². The maximum absolute atomic E-state index is 17.6. The van der Waals surface area contributed by atoms with Crippen LogP contribution in [-0.2, 0) is 16.0 Å². The summed E-state index contributed by atoms with van der Waals surface area (Å²) in [6, 6.07) is 14.3. The van der Waals surface area contributed by atoms with Gasteiger partial charge in [-0.05, 0) is 111 Å². The number of anilines is 1. The number of aryl methyl sites for hydroxylation is 1. The molecule has 2 amide bonds. The first-order valence-electron chi connectivity index (χ1n) is 28.3. The second kappa shape index (κ2) is 23.0. The number of phenols is 1. The van der Waals surface area contributed by atoms with E-state index < -0.39 is 35.2 Å². The van der Waals surface area contributed by atoms with Crippen molar-refractivity contribution in [1.29, 1.82) is 0 Å². The van der Waals surface area contributed by atoms with Crippen LogP contribution in [0.3, 0.4) is 0 Å². The van der Waals surface area contributed by atoms with Gasteiger partial charge >= 0.3 is 6.01 Å². The molecular formula is C61H70F2N10O7S. The van der Waals surface area contributed by atoms with Crippen LogP contribution in [0.25, 0.3) is 32.7 Å². The lowest BCUT2D eigenvalue weighted by Gasteiger charge is -2.36. The van der Waals surface area contributed by atoms with Crippen molar-refractivity contribution in [3.8, 4) is 40.4 Å². The van der Waals surface area contributed by atoms with Crippen molar-refractivity contribution in [3.63, 3.8) is 0 Å². The summed E-state index contributed by atoms with van der Waals surface area (Å²) in [5.41, 5.74) is 11.2. The van der Waals surface area contributed by atoms with Gasteiger partial charge in [0.05, 0.1) is 45.0 Å². The average molecular weight is 1130 g/mol. The number of halogens is 2. The van der Waals surface area contributed by atoms with Crippen LogP contribution in [0.15, 0.2) is 64.6 Å². The Morgan fingerprint density at radius 1 is 1.05 bits per heavy atom. The van der Waals surface area contributed by atoms with E-state index in [-0.39, 0.29) is 114 Å². The summed E-state index contributed by atoms with van der Waals surface area (Å²) in [5, 5.41) is 33.3. The van der Waals surface area contributed by atoms with Crippen LogP contribution in [0.4, 0.5) is 14.6 Å². The molecule has 11 rings (SSSR count). The predicted molar refractivity (Wildman–Crippen MR) is 306 cm³/mol. The largest absolute Gasteiger partial charge is 0.508 e. The van der Waals surface area contributed by atoms with Gasteiger partial charge in [0.1, 0.15) is 48.3 Å². The molecule has 2 unspecified atom stereocenters. The van der Waals surface area contributed by atoms with Crippen LogP contribution < -0.4 is 30.7 Å². The first-order valence-corrected chi connectivity index (χ1v) is 29.2. The first kappa shape index (κ1) is 55.7. The smallest absolute Gasteiger partial charge is 0.319 e. The molecule has 5 saturated heterocycles. The fourth-order valence-corrected chi connectivity index (χ4v) is 14.0. The number of phenolic OH excluding ortho intramolecular Hbond substituents is 1. The number of ether oxygens (including phenoxy) is 2. The zero-order valence-corrected chi connectivity index (χ0v) is 47.2. The lowest BCUT2D eigenvalue weighted by Crippen LogP contribution is -2.51. The van der Waals surface area contributed by atoms with Crippen molar-refractivity contribution < 1.29 is 42.6 Å². The van der Waals surface area contributed by atoms with Gasteiger partial charge < -0.3 is 50.4 Å². The third-order valence-electron chi connectivity index (χ3n) is 17.2. The Labute approximate surface area is 474 Å². The molecule has 81 heavy (non-hydrogen) atoms. The fraction of sp³-hybridized carbons (Fsp3) is 0.475. The minimum Gasteiger partial charge on any atom is -0.508 e.